The molecule has 1 heterocycles. The summed E-state index contributed by atoms with van der Waals surface area (Å²) in [6.07, 6.45) is 5.54. The summed E-state index contributed by atoms with van der Waals surface area (Å²) in [5, 5.41) is 3.46. The molecule has 1 saturated carbocycles. The highest BCUT2D eigenvalue weighted by Crippen LogP contribution is 2.48. The number of nitrogen functional groups attached to an aromatic ring is 1. The second kappa shape index (κ2) is 5.47. The van der Waals surface area contributed by atoms with Gasteiger partial charge >= 0.3 is 0 Å². The summed E-state index contributed by atoms with van der Waals surface area (Å²) < 4.78 is 5.14. The zero-order valence-corrected chi connectivity index (χ0v) is 10.4. The van der Waals surface area contributed by atoms with E-state index in [1.54, 1.807) is 13.3 Å². The molecule has 0 bridgehead atoms. The van der Waals surface area contributed by atoms with Crippen LogP contribution >= 0.6 is 0 Å². The molecule has 0 spiro atoms. The average Bonchev–Trinajstić information content (AvgIpc) is 3.10. The zero-order chi connectivity index (χ0) is 12.1. The number of nitrogens with two attached hydrogens (primary N) is 1. The van der Waals surface area contributed by atoms with Gasteiger partial charge in [0.15, 0.2) is 0 Å². The number of ether oxygens (including phenoxy) is 1. The van der Waals surface area contributed by atoms with Crippen LogP contribution < -0.4 is 11.1 Å². The first kappa shape index (κ1) is 12.3. The second-order valence-electron chi connectivity index (χ2n) is 4.89. The SMILES string of the molecule is COCCC1(CNCc2ncccc2N)CC1. The number of nitrogens with one attached hydrogen (secondary N) is 1. The Morgan fingerprint density at radius 2 is 2.35 bits per heavy atom. The molecule has 4 heteroatoms. The Bertz CT molecular complexity index is 363. The third-order valence-electron chi connectivity index (χ3n) is 3.51. The highest BCUT2D eigenvalue weighted by Gasteiger charge is 2.41. The number of methoxy groups -OCH3 is 1. The Balaban J connectivity index is 1.75. The maximum atomic E-state index is 5.84. The van der Waals surface area contributed by atoms with Crippen molar-refractivity contribution in [1.29, 1.82) is 0 Å². The summed E-state index contributed by atoms with van der Waals surface area (Å²) >= 11 is 0. The molecule has 0 saturated heterocycles. The topological polar surface area (TPSA) is 60.2 Å². The van der Waals surface area contributed by atoms with Crippen LogP contribution in [0.25, 0.3) is 0 Å². The first-order valence-corrected chi connectivity index (χ1v) is 6.15. The lowest BCUT2D eigenvalue weighted by Crippen LogP contribution is -2.25. The summed E-state index contributed by atoms with van der Waals surface area (Å²) in [5.41, 5.74) is 8.02. The van der Waals surface area contributed by atoms with Crippen molar-refractivity contribution in [3.63, 3.8) is 0 Å². The van der Waals surface area contributed by atoms with Gasteiger partial charge < -0.3 is 15.8 Å². The smallest absolute Gasteiger partial charge is 0.0770 e. The van der Waals surface area contributed by atoms with E-state index in [0.29, 0.717) is 5.41 Å². The van der Waals surface area contributed by atoms with Gasteiger partial charge in [0, 0.05) is 33.0 Å². The van der Waals surface area contributed by atoms with Crippen LogP contribution in [0.4, 0.5) is 5.69 Å². The van der Waals surface area contributed by atoms with E-state index in [4.69, 9.17) is 10.5 Å². The van der Waals surface area contributed by atoms with Gasteiger partial charge in [0.1, 0.15) is 0 Å². The molecule has 4 nitrogen and oxygen atoms in total. The Morgan fingerprint density at radius 3 is 3.00 bits per heavy atom. The van der Waals surface area contributed by atoms with Crippen molar-refractivity contribution < 1.29 is 4.74 Å². The molecule has 0 aliphatic heterocycles. The summed E-state index contributed by atoms with van der Waals surface area (Å²) in [5.74, 6) is 0. The fraction of sp³-hybridized carbons (Fsp3) is 0.615. The molecule has 1 fully saturated rings. The molecule has 1 aromatic rings. The first-order valence-electron chi connectivity index (χ1n) is 6.15. The van der Waals surface area contributed by atoms with Crippen molar-refractivity contribution in [2.45, 2.75) is 25.8 Å². The minimum atomic E-state index is 0.472. The normalized spacial score (nSPS) is 17.0. The Kier molecular flexibility index (Phi) is 3.97. The number of hydrogen-bond acceptors (Lipinski definition) is 4. The van der Waals surface area contributed by atoms with Crippen molar-refractivity contribution >= 4 is 5.69 Å². The largest absolute Gasteiger partial charge is 0.397 e. The molecular formula is C13H21N3O. The van der Waals surface area contributed by atoms with Gasteiger partial charge in [0.2, 0.25) is 0 Å². The van der Waals surface area contributed by atoms with Crippen LogP contribution in [0.5, 0.6) is 0 Å². The number of hydrogen-bond donors (Lipinski definition) is 2. The molecule has 0 amide bonds. The molecule has 0 atom stereocenters. The average molecular weight is 235 g/mol. The highest BCUT2D eigenvalue weighted by molar-refractivity contribution is 5.41. The van der Waals surface area contributed by atoms with Crippen molar-refractivity contribution in [3.05, 3.63) is 24.0 Å². The number of anilines is 1. The maximum Gasteiger partial charge on any atom is 0.0770 e. The van der Waals surface area contributed by atoms with Gasteiger partial charge in [-0.25, -0.2) is 0 Å². The van der Waals surface area contributed by atoms with Crippen molar-refractivity contribution in [1.82, 2.24) is 10.3 Å². The maximum absolute atomic E-state index is 5.84. The lowest BCUT2D eigenvalue weighted by atomic mass is 10.0. The summed E-state index contributed by atoms with van der Waals surface area (Å²) in [7, 11) is 1.76. The highest BCUT2D eigenvalue weighted by atomic mass is 16.5. The Hall–Kier alpha value is -1.13. The van der Waals surface area contributed by atoms with Gasteiger partial charge in [-0.2, -0.15) is 0 Å². The number of nitrogens with zero attached hydrogens (tertiary/aromatic N) is 1. The van der Waals surface area contributed by atoms with Crippen molar-refractivity contribution in [2.75, 3.05) is 26.0 Å². The molecular weight excluding hydrogens is 214 g/mol. The van der Waals surface area contributed by atoms with Gasteiger partial charge in [0.25, 0.3) is 0 Å². The predicted molar refractivity (Wildman–Crippen MR) is 68.5 cm³/mol. The monoisotopic (exact) mass is 235 g/mol. The minimum Gasteiger partial charge on any atom is -0.397 e. The minimum absolute atomic E-state index is 0.472. The quantitative estimate of drug-likeness (QED) is 0.753. The lowest BCUT2D eigenvalue weighted by Gasteiger charge is -2.15. The van der Waals surface area contributed by atoms with E-state index in [1.165, 1.54) is 12.8 Å². The Morgan fingerprint density at radius 1 is 1.53 bits per heavy atom. The number of pyridine rings is 1. The fourth-order valence-electron chi connectivity index (χ4n) is 2.05. The third kappa shape index (κ3) is 3.41. The predicted octanol–water partition coefficient (Wildman–Crippen LogP) is 1.57. The van der Waals surface area contributed by atoms with Crippen LogP contribution in [-0.4, -0.2) is 25.2 Å². The molecule has 3 N–H and O–H groups in total. The Labute approximate surface area is 103 Å². The lowest BCUT2D eigenvalue weighted by molar-refractivity contribution is 0.171. The van der Waals surface area contributed by atoms with Crippen LogP contribution in [0.3, 0.4) is 0 Å². The second-order valence-corrected chi connectivity index (χ2v) is 4.89. The van der Waals surface area contributed by atoms with Gasteiger partial charge in [-0.1, -0.05) is 0 Å². The van der Waals surface area contributed by atoms with E-state index in [9.17, 15) is 0 Å². The molecule has 1 aliphatic carbocycles. The van der Waals surface area contributed by atoms with Gasteiger partial charge in [-0.15, -0.1) is 0 Å². The van der Waals surface area contributed by atoms with Crippen LogP contribution in [-0.2, 0) is 11.3 Å². The molecule has 1 aromatic heterocycles. The van der Waals surface area contributed by atoms with Gasteiger partial charge in [-0.05, 0) is 36.8 Å². The first-order chi connectivity index (χ1) is 8.26. The molecule has 1 aliphatic rings. The zero-order valence-electron chi connectivity index (χ0n) is 10.4. The number of rotatable bonds is 7. The van der Waals surface area contributed by atoms with E-state index in [1.807, 2.05) is 12.1 Å². The summed E-state index contributed by atoms with van der Waals surface area (Å²) in [4.78, 5) is 4.27. The molecule has 0 aromatic carbocycles. The van der Waals surface area contributed by atoms with Crippen LogP contribution in [0, 0.1) is 5.41 Å². The molecule has 2 rings (SSSR count). The molecule has 0 radical (unpaired) electrons. The summed E-state index contributed by atoms with van der Waals surface area (Å²) in [6.45, 7) is 2.64. The standard InChI is InChI=1S/C13H21N3O/c1-17-8-6-13(4-5-13)10-15-9-12-11(14)3-2-7-16-12/h2-3,7,15H,4-6,8-10,14H2,1H3. The summed E-state index contributed by atoms with van der Waals surface area (Å²) in [6, 6.07) is 3.75. The molecule has 94 valence electrons. The molecule has 0 unspecified atom stereocenters. The van der Waals surface area contributed by atoms with Crippen LogP contribution in [0.15, 0.2) is 18.3 Å². The molecule has 17 heavy (non-hydrogen) atoms. The number of aromatic nitrogens is 1. The van der Waals surface area contributed by atoms with E-state index < -0.39 is 0 Å². The fourth-order valence-corrected chi connectivity index (χ4v) is 2.05. The van der Waals surface area contributed by atoms with Crippen molar-refractivity contribution in [2.24, 2.45) is 5.41 Å². The van der Waals surface area contributed by atoms with E-state index in [0.717, 1.165) is 37.5 Å². The van der Waals surface area contributed by atoms with E-state index in [-0.39, 0.29) is 0 Å². The van der Waals surface area contributed by atoms with Gasteiger partial charge in [0.05, 0.1) is 11.4 Å². The van der Waals surface area contributed by atoms with Gasteiger partial charge in [-0.3, -0.25) is 4.98 Å². The van der Waals surface area contributed by atoms with Crippen molar-refractivity contribution in [3.8, 4) is 0 Å². The van der Waals surface area contributed by atoms with E-state index in [2.05, 4.69) is 10.3 Å². The van der Waals surface area contributed by atoms with Crippen LogP contribution in [0.2, 0.25) is 0 Å². The van der Waals surface area contributed by atoms with Crippen LogP contribution in [0.1, 0.15) is 25.0 Å². The third-order valence-corrected chi connectivity index (χ3v) is 3.51. The van der Waals surface area contributed by atoms with E-state index >= 15 is 0 Å².